The van der Waals surface area contributed by atoms with E-state index in [1.165, 1.54) is 17.3 Å². The zero-order valence-corrected chi connectivity index (χ0v) is 19.6. The summed E-state index contributed by atoms with van der Waals surface area (Å²) >= 11 is 7.53. The van der Waals surface area contributed by atoms with Gasteiger partial charge in [-0.3, -0.25) is 9.36 Å². The Morgan fingerprint density at radius 1 is 1.00 bits per heavy atom. The summed E-state index contributed by atoms with van der Waals surface area (Å²) in [4.78, 5) is 12.4. The number of aromatic nitrogens is 3. The summed E-state index contributed by atoms with van der Waals surface area (Å²) in [5.41, 5.74) is 3.14. The van der Waals surface area contributed by atoms with Crippen LogP contribution in [0.3, 0.4) is 0 Å². The molecule has 0 saturated heterocycles. The molecular formula is C25H23ClN4O2S. The van der Waals surface area contributed by atoms with E-state index in [-0.39, 0.29) is 18.3 Å². The lowest BCUT2D eigenvalue weighted by atomic mass is 10.1. The molecule has 1 heterocycles. The van der Waals surface area contributed by atoms with Crippen molar-refractivity contribution in [2.75, 3.05) is 5.75 Å². The monoisotopic (exact) mass is 478 g/mol. The summed E-state index contributed by atoms with van der Waals surface area (Å²) in [6.45, 7) is 2.71. The van der Waals surface area contributed by atoms with Crippen LogP contribution in [0.5, 0.6) is 5.75 Å². The summed E-state index contributed by atoms with van der Waals surface area (Å²) in [5, 5.41) is 12.7. The van der Waals surface area contributed by atoms with Crippen LogP contribution < -0.4 is 10.1 Å². The van der Waals surface area contributed by atoms with Crippen molar-refractivity contribution >= 4 is 29.3 Å². The van der Waals surface area contributed by atoms with E-state index in [9.17, 15) is 4.79 Å². The van der Waals surface area contributed by atoms with Crippen molar-refractivity contribution in [3.05, 3.63) is 101 Å². The number of thioether (sulfide) groups is 1. The van der Waals surface area contributed by atoms with Gasteiger partial charge in [-0.25, -0.2) is 0 Å². The summed E-state index contributed by atoms with van der Waals surface area (Å²) in [7, 11) is 0. The lowest BCUT2D eigenvalue weighted by Crippen LogP contribution is -2.24. The predicted molar refractivity (Wildman–Crippen MR) is 131 cm³/mol. The molecule has 33 heavy (non-hydrogen) atoms. The first kappa shape index (κ1) is 22.9. The van der Waals surface area contributed by atoms with Crippen LogP contribution in [0.15, 0.2) is 84.0 Å². The van der Waals surface area contributed by atoms with E-state index >= 15 is 0 Å². The van der Waals surface area contributed by atoms with E-state index < -0.39 is 0 Å². The second kappa shape index (κ2) is 11.0. The Balaban J connectivity index is 1.44. The van der Waals surface area contributed by atoms with Crippen LogP contribution in [-0.2, 0) is 17.9 Å². The molecular weight excluding hydrogens is 456 g/mol. The summed E-state index contributed by atoms with van der Waals surface area (Å²) in [5.74, 6) is 1.34. The number of aryl methyl sites for hydroxylation is 1. The molecule has 0 bridgehead atoms. The number of hydrogen-bond acceptors (Lipinski definition) is 5. The number of ether oxygens (including phenoxy) is 1. The summed E-state index contributed by atoms with van der Waals surface area (Å²) in [6.07, 6.45) is 0. The molecule has 0 aliphatic rings. The van der Waals surface area contributed by atoms with Crippen molar-refractivity contribution in [1.29, 1.82) is 0 Å². The zero-order valence-electron chi connectivity index (χ0n) is 18.1. The Bertz CT molecular complexity index is 1210. The van der Waals surface area contributed by atoms with Crippen molar-refractivity contribution in [1.82, 2.24) is 20.1 Å². The lowest BCUT2D eigenvalue weighted by Gasteiger charge is -2.12. The molecule has 4 rings (SSSR count). The summed E-state index contributed by atoms with van der Waals surface area (Å²) < 4.78 is 7.77. The smallest absolute Gasteiger partial charge is 0.230 e. The number of para-hydroxylation sites is 2. The molecule has 1 N–H and O–H groups in total. The van der Waals surface area contributed by atoms with Gasteiger partial charge in [0.15, 0.2) is 11.0 Å². The first-order valence-electron chi connectivity index (χ1n) is 10.4. The minimum atomic E-state index is -0.0722. The van der Waals surface area contributed by atoms with Crippen LogP contribution in [0.25, 0.3) is 5.69 Å². The Hall–Kier alpha value is -3.29. The van der Waals surface area contributed by atoms with E-state index in [0.717, 1.165) is 11.3 Å². The van der Waals surface area contributed by atoms with Gasteiger partial charge in [0.25, 0.3) is 0 Å². The van der Waals surface area contributed by atoms with E-state index in [4.69, 9.17) is 16.3 Å². The third-order valence-electron chi connectivity index (χ3n) is 4.85. The Labute approximate surface area is 202 Å². The molecule has 0 spiro atoms. The molecule has 1 aromatic heterocycles. The van der Waals surface area contributed by atoms with Crippen molar-refractivity contribution < 1.29 is 9.53 Å². The fraction of sp³-hybridized carbons (Fsp3) is 0.160. The quantitative estimate of drug-likeness (QED) is 0.334. The van der Waals surface area contributed by atoms with Gasteiger partial charge in [-0.2, -0.15) is 0 Å². The number of hydrogen-bond donors (Lipinski definition) is 1. The number of rotatable bonds is 9. The molecule has 6 nitrogen and oxygen atoms in total. The minimum absolute atomic E-state index is 0.0722. The zero-order chi connectivity index (χ0) is 23.0. The average Bonchev–Trinajstić information content (AvgIpc) is 3.25. The number of carbonyl (C=O) groups is 1. The van der Waals surface area contributed by atoms with Crippen LogP contribution in [0.2, 0.25) is 5.02 Å². The SMILES string of the molecule is Cc1ccc(CNC(=O)CSc2nnc(COc3ccccc3Cl)n2-c2ccccc2)cc1. The Morgan fingerprint density at radius 2 is 1.73 bits per heavy atom. The van der Waals surface area contributed by atoms with Gasteiger partial charge in [0.1, 0.15) is 12.4 Å². The van der Waals surface area contributed by atoms with E-state index in [1.807, 2.05) is 78.2 Å². The first-order valence-corrected chi connectivity index (χ1v) is 11.8. The standard InChI is InChI=1S/C25H23ClN4O2S/c1-18-11-13-19(14-12-18)15-27-24(31)17-33-25-29-28-23(30(25)20-7-3-2-4-8-20)16-32-22-10-6-5-9-21(22)26/h2-14H,15-17H2,1H3,(H,27,31). The Morgan fingerprint density at radius 3 is 2.48 bits per heavy atom. The van der Waals surface area contributed by atoms with Crippen molar-refractivity contribution in [2.24, 2.45) is 0 Å². The highest BCUT2D eigenvalue weighted by atomic mass is 35.5. The van der Waals surface area contributed by atoms with Gasteiger partial charge in [0.05, 0.1) is 10.8 Å². The minimum Gasteiger partial charge on any atom is -0.484 e. The molecule has 0 radical (unpaired) electrons. The normalized spacial score (nSPS) is 10.7. The highest BCUT2D eigenvalue weighted by Crippen LogP contribution is 2.26. The predicted octanol–water partition coefficient (Wildman–Crippen LogP) is 5.22. The van der Waals surface area contributed by atoms with Crippen LogP contribution in [0.4, 0.5) is 0 Å². The number of carbonyl (C=O) groups excluding carboxylic acids is 1. The maximum Gasteiger partial charge on any atom is 0.230 e. The van der Waals surface area contributed by atoms with Gasteiger partial charge in [-0.1, -0.05) is 83.5 Å². The third-order valence-corrected chi connectivity index (χ3v) is 6.09. The van der Waals surface area contributed by atoms with Crippen molar-refractivity contribution in [3.8, 4) is 11.4 Å². The highest BCUT2D eigenvalue weighted by molar-refractivity contribution is 7.99. The highest BCUT2D eigenvalue weighted by Gasteiger charge is 2.17. The number of nitrogens with one attached hydrogen (secondary N) is 1. The molecule has 0 aliphatic heterocycles. The van der Waals surface area contributed by atoms with Crippen LogP contribution in [-0.4, -0.2) is 26.4 Å². The number of amides is 1. The van der Waals surface area contributed by atoms with E-state index in [0.29, 0.717) is 28.3 Å². The fourth-order valence-electron chi connectivity index (χ4n) is 3.12. The average molecular weight is 479 g/mol. The number of halogens is 1. The van der Waals surface area contributed by atoms with Gasteiger partial charge >= 0.3 is 0 Å². The molecule has 8 heteroatoms. The number of nitrogens with zero attached hydrogens (tertiary/aromatic N) is 3. The number of benzene rings is 3. The molecule has 0 unspecified atom stereocenters. The van der Waals surface area contributed by atoms with Crippen LogP contribution in [0, 0.1) is 6.92 Å². The topological polar surface area (TPSA) is 69.0 Å². The summed E-state index contributed by atoms with van der Waals surface area (Å²) in [6, 6.07) is 25.1. The van der Waals surface area contributed by atoms with Crippen LogP contribution in [0.1, 0.15) is 17.0 Å². The maximum atomic E-state index is 12.4. The van der Waals surface area contributed by atoms with Gasteiger partial charge in [0, 0.05) is 12.2 Å². The van der Waals surface area contributed by atoms with E-state index in [2.05, 4.69) is 15.5 Å². The lowest BCUT2D eigenvalue weighted by molar-refractivity contribution is -0.118. The van der Waals surface area contributed by atoms with Crippen molar-refractivity contribution in [3.63, 3.8) is 0 Å². The Kier molecular flexibility index (Phi) is 7.65. The molecule has 3 aromatic carbocycles. The first-order chi connectivity index (χ1) is 16.1. The van der Waals surface area contributed by atoms with E-state index in [1.54, 1.807) is 12.1 Å². The second-order valence-corrected chi connectivity index (χ2v) is 8.69. The molecule has 0 saturated carbocycles. The van der Waals surface area contributed by atoms with Gasteiger partial charge in [-0.05, 0) is 36.8 Å². The molecule has 168 valence electrons. The van der Waals surface area contributed by atoms with Crippen LogP contribution >= 0.6 is 23.4 Å². The second-order valence-electron chi connectivity index (χ2n) is 7.34. The van der Waals surface area contributed by atoms with Crippen molar-refractivity contribution in [2.45, 2.75) is 25.2 Å². The molecule has 0 atom stereocenters. The molecule has 0 fully saturated rings. The fourth-order valence-corrected chi connectivity index (χ4v) is 4.11. The molecule has 1 amide bonds. The molecule has 4 aromatic rings. The molecule has 0 aliphatic carbocycles. The van der Waals surface area contributed by atoms with Gasteiger partial charge in [0.2, 0.25) is 5.91 Å². The maximum absolute atomic E-state index is 12.4. The third kappa shape index (κ3) is 6.15. The van der Waals surface area contributed by atoms with Gasteiger partial charge in [-0.15, -0.1) is 10.2 Å². The van der Waals surface area contributed by atoms with Gasteiger partial charge < -0.3 is 10.1 Å². The largest absolute Gasteiger partial charge is 0.484 e.